The molecule has 3 aliphatic carbocycles. The Labute approximate surface area is 253 Å². The number of amides is 3. The van der Waals surface area contributed by atoms with Crippen LogP contribution in [-0.2, 0) is 24.1 Å². The van der Waals surface area contributed by atoms with Gasteiger partial charge >= 0.3 is 0 Å². The molecule has 4 aromatic rings. The summed E-state index contributed by atoms with van der Waals surface area (Å²) >= 11 is 14.9. The van der Waals surface area contributed by atoms with Crippen molar-refractivity contribution in [1.29, 1.82) is 0 Å². The van der Waals surface area contributed by atoms with Gasteiger partial charge in [0, 0.05) is 5.69 Å². The van der Waals surface area contributed by atoms with E-state index in [1.807, 2.05) is 79.7 Å². The molecule has 1 saturated heterocycles. The van der Waals surface area contributed by atoms with Crippen molar-refractivity contribution < 1.29 is 19.1 Å². The fraction of sp³-hybridized carbons (Fsp3) is 0.206. The Morgan fingerprint density at radius 1 is 0.762 bits per heavy atom. The van der Waals surface area contributed by atoms with Crippen LogP contribution in [0.2, 0.25) is 0 Å². The Morgan fingerprint density at radius 3 is 1.74 bits per heavy atom. The number of benzene rings is 4. The molecule has 4 aromatic carbocycles. The topological polar surface area (TPSA) is 75.7 Å². The Balaban J connectivity index is 1.17. The molecule has 0 aromatic heterocycles. The Morgan fingerprint density at radius 2 is 1.26 bits per heavy atom. The van der Waals surface area contributed by atoms with Gasteiger partial charge in [0.05, 0.1) is 11.8 Å². The highest BCUT2D eigenvalue weighted by Crippen LogP contribution is 2.69. The molecule has 2 bridgehead atoms. The van der Waals surface area contributed by atoms with E-state index in [2.05, 4.69) is 5.32 Å². The van der Waals surface area contributed by atoms with Crippen LogP contribution in [0.1, 0.15) is 34.7 Å². The summed E-state index contributed by atoms with van der Waals surface area (Å²) in [6.45, 7) is 3.53. The number of hydrogen-bond donors (Lipinski definition) is 1. The van der Waals surface area contributed by atoms with E-state index in [4.69, 9.17) is 27.9 Å². The van der Waals surface area contributed by atoms with Gasteiger partial charge in [-0.15, -0.1) is 23.2 Å². The number of carbonyl (C=O) groups excluding carboxylic acids is 3. The number of carbonyl (C=O) groups is 3. The molecule has 4 aliphatic rings. The van der Waals surface area contributed by atoms with Crippen molar-refractivity contribution in [2.75, 3.05) is 5.32 Å². The van der Waals surface area contributed by atoms with Crippen molar-refractivity contribution in [3.8, 4) is 11.5 Å². The maximum absolute atomic E-state index is 14.1. The van der Waals surface area contributed by atoms with Crippen LogP contribution in [0.15, 0.2) is 97.1 Å². The van der Waals surface area contributed by atoms with Crippen LogP contribution in [0, 0.1) is 18.8 Å². The number of hydrogen-bond acceptors (Lipinski definition) is 4. The number of alkyl halides is 2. The first-order valence-corrected chi connectivity index (χ1v) is 14.5. The van der Waals surface area contributed by atoms with Crippen LogP contribution in [0.5, 0.6) is 11.5 Å². The van der Waals surface area contributed by atoms with Gasteiger partial charge < -0.3 is 10.1 Å². The number of ether oxygens (including phenoxy) is 1. The number of aryl methyl sites for hydroxylation is 1. The number of imide groups is 1. The van der Waals surface area contributed by atoms with E-state index in [1.165, 1.54) is 0 Å². The first-order chi connectivity index (χ1) is 20.2. The first kappa shape index (κ1) is 26.7. The van der Waals surface area contributed by atoms with E-state index >= 15 is 0 Å². The van der Waals surface area contributed by atoms with E-state index < -0.39 is 45.3 Å². The highest BCUT2D eigenvalue weighted by atomic mass is 35.5. The van der Waals surface area contributed by atoms with E-state index in [-0.39, 0.29) is 0 Å². The largest absolute Gasteiger partial charge is 0.457 e. The van der Waals surface area contributed by atoms with Crippen LogP contribution in [0.4, 0.5) is 5.69 Å². The smallest absolute Gasteiger partial charge is 0.247 e. The van der Waals surface area contributed by atoms with Crippen LogP contribution in [-0.4, -0.2) is 28.7 Å². The maximum Gasteiger partial charge on any atom is 0.247 e. The Bertz CT molecular complexity index is 1670. The van der Waals surface area contributed by atoms with Gasteiger partial charge in [0.15, 0.2) is 0 Å². The molecule has 6 nitrogen and oxygen atoms in total. The van der Waals surface area contributed by atoms with E-state index in [1.54, 1.807) is 31.2 Å². The third-order valence-corrected chi connectivity index (χ3v) is 10.0. The molecule has 0 unspecified atom stereocenters. The summed E-state index contributed by atoms with van der Waals surface area (Å²) in [7, 11) is 0. The van der Waals surface area contributed by atoms with E-state index in [0.29, 0.717) is 17.2 Å². The molecule has 1 fully saturated rings. The second-order valence-corrected chi connectivity index (χ2v) is 12.3. The zero-order valence-corrected chi connectivity index (χ0v) is 24.3. The lowest BCUT2D eigenvalue weighted by Gasteiger charge is -2.54. The lowest BCUT2D eigenvalue weighted by molar-refractivity contribution is -0.146. The van der Waals surface area contributed by atoms with Gasteiger partial charge in [0.1, 0.15) is 27.3 Å². The van der Waals surface area contributed by atoms with Crippen LogP contribution in [0.3, 0.4) is 0 Å². The summed E-state index contributed by atoms with van der Waals surface area (Å²) < 4.78 is 5.89. The lowest BCUT2D eigenvalue weighted by atomic mass is 9.54. The average Bonchev–Trinajstić information content (AvgIpc) is 3.27. The van der Waals surface area contributed by atoms with Crippen molar-refractivity contribution in [3.05, 3.63) is 125 Å². The zero-order chi connectivity index (χ0) is 29.4. The van der Waals surface area contributed by atoms with Gasteiger partial charge in [-0.25, -0.2) is 0 Å². The minimum absolute atomic E-state index is 0.501. The number of rotatable bonds is 5. The van der Waals surface area contributed by atoms with Crippen LogP contribution < -0.4 is 10.1 Å². The van der Waals surface area contributed by atoms with Gasteiger partial charge in [-0.3, -0.25) is 19.3 Å². The minimum Gasteiger partial charge on any atom is -0.457 e. The Kier molecular flexibility index (Phi) is 6.02. The molecule has 3 amide bonds. The molecule has 8 rings (SSSR count). The second kappa shape index (κ2) is 9.45. The number of nitrogens with one attached hydrogen (secondary N) is 1. The molecule has 0 radical (unpaired) electrons. The zero-order valence-electron chi connectivity index (χ0n) is 22.8. The van der Waals surface area contributed by atoms with Crippen molar-refractivity contribution in [3.63, 3.8) is 0 Å². The molecule has 1 aliphatic heterocycles. The van der Waals surface area contributed by atoms with Crippen molar-refractivity contribution >= 4 is 46.6 Å². The minimum atomic E-state index is -1.29. The SMILES string of the molecule is Cc1cccc(Oc2ccc(NC(=O)[C@H](C)N3C(=O)[C@@H]4[C@@H](C3=O)C3(Cl)c5ccccc5C4(Cl)c4ccccc43)cc2)c1. The fourth-order valence-corrected chi connectivity index (χ4v) is 7.95. The summed E-state index contributed by atoms with van der Waals surface area (Å²) in [5.74, 6) is -2.10. The number of nitrogens with zero attached hydrogens (tertiary/aromatic N) is 1. The molecule has 0 saturated carbocycles. The highest BCUT2D eigenvalue weighted by Gasteiger charge is 2.73. The predicted molar refractivity (Wildman–Crippen MR) is 161 cm³/mol. The quantitative estimate of drug-likeness (QED) is 0.205. The molecule has 3 atom stereocenters. The van der Waals surface area contributed by atoms with Crippen molar-refractivity contribution in [2.24, 2.45) is 11.8 Å². The van der Waals surface area contributed by atoms with E-state index in [9.17, 15) is 14.4 Å². The summed E-state index contributed by atoms with van der Waals surface area (Å²) in [6.07, 6.45) is 0. The lowest BCUT2D eigenvalue weighted by Crippen LogP contribution is -2.57. The number of anilines is 1. The van der Waals surface area contributed by atoms with E-state index in [0.717, 1.165) is 32.7 Å². The van der Waals surface area contributed by atoms with Crippen LogP contribution in [0.25, 0.3) is 0 Å². The molecular formula is C34H26Cl2N2O4. The van der Waals surface area contributed by atoms with Crippen molar-refractivity contribution in [1.82, 2.24) is 4.90 Å². The average molecular weight is 597 g/mol. The second-order valence-electron chi connectivity index (χ2n) is 11.1. The van der Waals surface area contributed by atoms with Gasteiger partial charge in [-0.05, 0) is 78.1 Å². The number of likely N-dealkylation sites (tertiary alicyclic amines) is 1. The number of halogens is 2. The van der Waals surface area contributed by atoms with Gasteiger partial charge in [-0.1, -0.05) is 60.7 Å². The summed E-state index contributed by atoms with van der Waals surface area (Å²) in [5, 5.41) is 2.83. The normalized spacial score (nSPS) is 25.9. The summed E-state index contributed by atoms with van der Waals surface area (Å²) in [4.78, 5) is 40.1. The third kappa shape index (κ3) is 3.61. The summed E-state index contributed by atoms with van der Waals surface area (Å²) in [5.41, 5.74) is 4.45. The molecule has 1 heterocycles. The van der Waals surface area contributed by atoms with Crippen molar-refractivity contribution in [2.45, 2.75) is 29.6 Å². The third-order valence-electron chi connectivity index (χ3n) is 8.73. The first-order valence-electron chi connectivity index (χ1n) is 13.8. The monoisotopic (exact) mass is 596 g/mol. The van der Waals surface area contributed by atoms with Gasteiger partial charge in [0.25, 0.3) is 0 Å². The molecular weight excluding hydrogens is 571 g/mol. The molecule has 1 N–H and O–H groups in total. The highest BCUT2D eigenvalue weighted by molar-refractivity contribution is 6.36. The predicted octanol–water partition coefficient (Wildman–Crippen LogP) is 6.71. The molecule has 0 spiro atoms. The van der Waals surface area contributed by atoms with Gasteiger partial charge in [0.2, 0.25) is 17.7 Å². The fourth-order valence-electron chi connectivity index (χ4n) is 6.86. The molecule has 8 heteroatoms. The van der Waals surface area contributed by atoms with Gasteiger partial charge in [-0.2, -0.15) is 0 Å². The molecule has 210 valence electrons. The maximum atomic E-state index is 14.1. The summed E-state index contributed by atoms with van der Waals surface area (Å²) in [6, 6.07) is 28.4. The van der Waals surface area contributed by atoms with Crippen LogP contribution >= 0.6 is 23.2 Å². The Hall–Kier alpha value is -4.13. The standard InChI is InChI=1S/C34H26Cl2N2O4/c1-19-8-7-9-23(18-19)42-22-16-14-21(15-17-22)37-30(39)20(2)38-31(40)28-29(32(38)41)34(36)25-11-4-3-10-24(25)33(28,35)26-12-5-6-13-27(26)34/h3-18,20,28-29H,1-2H3,(H,37,39)/t20-,28-,29-,33?,34?/m0/s1. The molecule has 42 heavy (non-hydrogen) atoms.